The SMILES string of the molecule is CCC(CC)CC(CCl)(CCl)c1cccc(Br)c1. The first-order valence-corrected chi connectivity index (χ1v) is 8.36. The second-order valence-corrected chi connectivity index (χ2v) is 6.39. The van der Waals surface area contributed by atoms with Crippen molar-refractivity contribution in [3.05, 3.63) is 34.3 Å². The van der Waals surface area contributed by atoms with E-state index in [-0.39, 0.29) is 5.41 Å². The summed E-state index contributed by atoms with van der Waals surface area (Å²) in [5.41, 5.74) is 1.14. The maximum Gasteiger partial charge on any atom is 0.0332 e. The standard InChI is InChI=1S/C15H21BrCl2/c1-3-12(4-2)9-15(10-17,11-18)13-6-5-7-14(16)8-13/h5-8,12H,3-4,9-11H2,1-2H3. The van der Waals surface area contributed by atoms with Gasteiger partial charge in [0.25, 0.3) is 0 Å². The topological polar surface area (TPSA) is 0 Å². The summed E-state index contributed by atoms with van der Waals surface area (Å²) in [5.74, 6) is 1.83. The van der Waals surface area contributed by atoms with E-state index in [1.54, 1.807) is 0 Å². The van der Waals surface area contributed by atoms with E-state index in [9.17, 15) is 0 Å². The summed E-state index contributed by atoms with van der Waals surface area (Å²) in [4.78, 5) is 0. The van der Waals surface area contributed by atoms with Gasteiger partial charge >= 0.3 is 0 Å². The number of rotatable bonds is 7. The van der Waals surface area contributed by atoms with E-state index in [4.69, 9.17) is 23.2 Å². The molecule has 0 aliphatic carbocycles. The van der Waals surface area contributed by atoms with E-state index in [1.165, 1.54) is 18.4 Å². The molecule has 0 aromatic heterocycles. The zero-order chi connectivity index (χ0) is 13.6. The van der Waals surface area contributed by atoms with Crippen LogP contribution in [-0.4, -0.2) is 11.8 Å². The zero-order valence-corrected chi connectivity index (χ0v) is 14.2. The van der Waals surface area contributed by atoms with Gasteiger partial charge in [-0.05, 0) is 30.0 Å². The molecule has 0 heterocycles. The van der Waals surface area contributed by atoms with Gasteiger partial charge in [-0.3, -0.25) is 0 Å². The molecule has 0 N–H and O–H groups in total. The van der Waals surface area contributed by atoms with Gasteiger partial charge < -0.3 is 0 Å². The Kier molecular flexibility index (Phi) is 7.05. The molecule has 0 amide bonds. The summed E-state index contributed by atoms with van der Waals surface area (Å²) in [6.07, 6.45) is 3.42. The van der Waals surface area contributed by atoms with E-state index in [0.29, 0.717) is 17.7 Å². The van der Waals surface area contributed by atoms with Gasteiger partial charge in [-0.2, -0.15) is 0 Å². The number of hydrogen-bond acceptors (Lipinski definition) is 0. The van der Waals surface area contributed by atoms with Crippen LogP contribution in [0.5, 0.6) is 0 Å². The molecule has 1 aromatic carbocycles. The number of alkyl halides is 2. The first-order valence-electron chi connectivity index (χ1n) is 6.49. The van der Waals surface area contributed by atoms with Crippen molar-refractivity contribution in [2.75, 3.05) is 11.8 Å². The molecule has 3 heteroatoms. The van der Waals surface area contributed by atoms with Gasteiger partial charge in [-0.1, -0.05) is 54.8 Å². The lowest BCUT2D eigenvalue weighted by Gasteiger charge is -2.33. The van der Waals surface area contributed by atoms with E-state index in [0.717, 1.165) is 10.9 Å². The molecule has 0 saturated heterocycles. The van der Waals surface area contributed by atoms with Crippen molar-refractivity contribution in [2.45, 2.75) is 38.5 Å². The first-order chi connectivity index (χ1) is 8.61. The zero-order valence-electron chi connectivity index (χ0n) is 11.1. The molecule has 0 spiro atoms. The van der Waals surface area contributed by atoms with Crippen LogP contribution in [0.2, 0.25) is 0 Å². The highest BCUT2D eigenvalue weighted by Gasteiger charge is 2.32. The highest BCUT2D eigenvalue weighted by molar-refractivity contribution is 9.10. The Morgan fingerprint density at radius 2 is 1.78 bits per heavy atom. The third kappa shape index (κ3) is 3.88. The van der Waals surface area contributed by atoms with Gasteiger partial charge in [-0.15, -0.1) is 23.2 Å². The Morgan fingerprint density at radius 3 is 2.22 bits per heavy atom. The molecule has 102 valence electrons. The molecule has 0 unspecified atom stereocenters. The highest BCUT2D eigenvalue weighted by Crippen LogP contribution is 2.37. The van der Waals surface area contributed by atoms with Gasteiger partial charge in [0.15, 0.2) is 0 Å². The highest BCUT2D eigenvalue weighted by atomic mass is 79.9. The third-order valence-electron chi connectivity index (χ3n) is 3.78. The average Bonchev–Trinajstić information content (AvgIpc) is 2.41. The summed E-state index contributed by atoms with van der Waals surface area (Å²) < 4.78 is 1.09. The molecule has 0 radical (unpaired) electrons. The Balaban J connectivity index is 3.06. The Hall–Kier alpha value is 0.280. The molecular formula is C15H21BrCl2. The second-order valence-electron chi connectivity index (χ2n) is 4.94. The van der Waals surface area contributed by atoms with Gasteiger partial charge in [0.05, 0.1) is 0 Å². The van der Waals surface area contributed by atoms with Crippen LogP contribution in [0.3, 0.4) is 0 Å². The van der Waals surface area contributed by atoms with Crippen LogP contribution in [0.25, 0.3) is 0 Å². The average molecular weight is 352 g/mol. The van der Waals surface area contributed by atoms with Gasteiger partial charge in [0, 0.05) is 21.6 Å². The quantitative estimate of drug-likeness (QED) is 0.529. The fourth-order valence-corrected chi connectivity index (χ4v) is 3.58. The lowest BCUT2D eigenvalue weighted by Crippen LogP contribution is -2.33. The fourth-order valence-electron chi connectivity index (χ4n) is 2.37. The van der Waals surface area contributed by atoms with Crippen molar-refractivity contribution in [3.63, 3.8) is 0 Å². The third-order valence-corrected chi connectivity index (χ3v) is 5.30. The van der Waals surface area contributed by atoms with Crippen LogP contribution in [-0.2, 0) is 5.41 Å². The van der Waals surface area contributed by atoms with E-state index >= 15 is 0 Å². The molecule has 0 nitrogen and oxygen atoms in total. The number of benzene rings is 1. The van der Waals surface area contributed by atoms with Crippen molar-refractivity contribution in [3.8, 4) is 0 Å². The van der Waals surface area contributed by atoms with Crippen LogP contribution >= 0.6 is 39.1 Å². The van der Waals surface area contributed by atoms with Gasteiger partial charge in [0.1, 0.15) is 0 Å². The predicted octanol–water partition coefficient (Wildman–Crippen LogP) is 5.99. The predicted molar refractivity (Wildman–Crippen MR) is 85.9 cm³/mol. The van der Waals surface area contributed by atoms with Crippen LogP contribution in [0, 0.1) is 5.92 Å². The summed E-state index contributed by atoms with van der Waals surface area (Å²) in [7, 11) is 0. The smallest absolute Gasteiger partial charge is 0.0332 e. The molecule has 0 aliphatic rings. The maximum atomic E-state index is 6.27. The largest absolute Gasteiger partial charge is 0.126 e. The molecule has 0 aliphatic heterocycles. The van der Waals surface area contributed by atoms with Gasteiger partial charge in [0.2, 0.25) is 0 Å². The van der Waals surface area contributed by atoms with Crippen molar-refractivity contribution < 1.29 is 0 Å². The summed E-state index contributed by atoms with van der Waals surface area (Å²) in [5, 5.41) is 0. The van der Waals surface area contributed by atoms with E-state index in [2.05, 4.69) is 48.0 Å². The lowest BCUT2D eigenvalue weighted by molar-refractivity contribution is 0.349. The summed E-state index contributed by atoms with van der Waals surface area (Å²) in [6.45, 7) is 4.48. The summed E-state index contributed by atoms with van der Waals surface area (Å²) >= 11 is 16.1. The monoisotopic (exact) mass is 350 g/mol. The molecular weight excluding hydrogens is 331 g/mol. The number of hydrogen-bond donors (Lipinski definition) is 0. The van der Waals surface area contributed by atoms with Crippen LogP contribution < -0.4 is 0 Å². The van der Waals surface area contributed by atoms with Gasteiger partial charge in [-0.25, -0.2) is 0 Å². The molecule has 1 rings (SSSR count). The van der Waals surface area contributed by atoms with E-state index in [1.807, 2.05) is 6.07 Å². The molecule has 0 fully saturated rings. The molecule has 18 heavy (non-hydrogen) atoms. The minimum Gasteiger partial charge on any atom is -0.126 e. The van der Waals surface area contributed by atoms with E-state index < -0.39 is 0 Å². The Bertz CT molecular complexity index is 357. The lowest BCUT2D eigenvalue weighted by atomic mass is 9.75. The molecule has 1 aromatic rings. The minimum atomic E-state index is -0.108. The first kappa shape index (κ1) is 16.3. The Labute approximate surface area is 129 Å². The van der Waals surface area contributed by atoms with Crippen LogP contribution in [0.1, 0.15) is 38.7 Å². The maximum absolute atomic E-state index is 6.27. The number of halogens is 3. The normalized spacial score (nSPS) is 12.1. The van der Waals surface area contributed by atoms with Crippen molar-refractivity contribution in [1.29, 1.82) is 0 Å². The second kappa shape index (κ2) is 7.77. The molecule has 0 saturated carbocycles. The summed E-state index contributed by atoms with van der Waals surface area (Å²) in [6, 6.07) is 8.37. The molecule has 0 bridgehead atoms. The van der Waals surface area contributed by atoms with Crippen molar-refractivity contribution in [2.24, 2.45) is 5.92 Å². The van der Waals surface area contributed by atoms with Crippen molar-refractivity contribution in [1.82, 2.24) is 0 Å². The fraction of sp³-hybridized carbons (Fsp3) is 0.600. The minimum absolute atomic E-state index is 0.108. The van der Waals surface area contributed by atoms with Crippen LogP contribution in [0.4, 0.5) is 0 Å². The van der Waals surface area contributed by atoms with Crippen molar-refractivity contribution >= 4 is 39.1 Å². The molecule has 0 atom stereocenters. The Morgan fingerprint density at radius 1 is 1.17 bits per heavy atom. The van der Waals surface area contributed by atoms with Crippen LogP contribution in [0.15, 0.2) is 28.7 Å².